The number of likely N-dealkylation sites (N-methyl/N-ethyl adjacent to an activating group) is 1. The van der Waals surface area contributed by atoms with Gasteiger partial charge < -0.3 is 24.2 Å². The molecule has 0 spiro atoms. The number of piperazine rings is 1. The first-order valence-corrected chi connectivity index (χ1v) is 10.7. The standard InChI is InChI=1S/C22H30N4O5/c1-22(2,3)31-21(29)25-9-10-26-15(12-25)13-30-18-11-14(5-6-16(18)26)24(4)17-7-8-19(27)23-20(17)28/h5-6,11,15,17H,7-10,12-13H2,1-4H3,(H,23,27,28)/t15-,17?/m1/s1. The second-order valence-corrected chi connectivity index (χ2v) is 9.31. The van der Waals surface area contributed by atoms with E-state index in [9.17, 15) is 14.4 Å². The van der Waals surface area contributed by atoms with Crippen molar-refractivity contribution < 1.29 is 23.9 Å². The second-order valence-electron chi connectivity index (χ2n) is 9.31. The number of piperidine rings is 1. The van der Waals surface area contributed by atoms with Crippen LogP contribution in [0.5, 0.6) is 5.75 Å². The van der Waals surface area contributed by atoms with E-state index < -0.39 is 5.60 Å². The maximum absolute atomic E-state index is 12.4. The molecule has 1 aromatic carbocycles. The molecule has 3 amide bonds. The van der Waals surface area contributed by atoms with Crippen LogP contribution in [0.3, 0.4) is 0 Å². The fourth-order valence-corrected chi connectivity index (χ4v) is 4.30. The number of nitrogens with zero attached hydrogens (tertiary/aromatic N) is 3. The lowest BCUT2D eigenvalue weighted by molar-refractivity contribution is -0.134. The number of benzene rings is 1. The highest BCUT2D eigenvalue weighted by molar-refractivity contribution is 6.01. The quantitative estimate of drug-likeness (QED) is 0.715. The monoisotopic (exact) mass is 430 g/mol. The van der Waals surface area contributed by atoms with Gasteiger partial charge in [-0.25, -0.2) is 4.79 Å². The highest BCUT2D eigenvalue weighted by Gasteiger charge is 2.37. The van der Waals surface area contributed by atoms with Crippen LogP contribution < -0.4 is 19.9 Å². The predicted molar refractivity (Wildman–Crippen MR) is 115 cm³/mol. The Morgan fingerprint density at radius 2 is 2.03 bits per heavy atom. The molecule has 3 aliphatic rings. The molecular weight excluding hydrogens is 400 g/mol. The van der Waals surface area contributed by atoms with Crippen molar-refractivity contribution in [3.05, 3.63) is 18.2 Å². The van der Waals surface area contributed by atoms with Gasteiger partial charge in [-0.05, 0) is 39.3 Å². The average Bonchev–Trinajstić information content (AvgIpc) is 2.71. The highest BCUT2D eigenvalue weighted by atomic mass is 16.6. The Kier molecular flexibility index (Phi) is 5.45. The van der Waals surface area contributed by atoms with Gasteiger partial charge in [-0.3, -0.25) is 14.9 Å². The van der Waals surface area contributed by atoms with E-state index in [0.717, 1.165) is 17.1 Å². The lowest BCUT2D eigenvalue weighted by atomic mass is 10.0. The fourth-order valence-electron chi connectivity index (χ4n) is 4.30. The lowest BCUT2D eigenvalue weighted by Crippen LogP contribution is -2.59. The normalized spacial score (nSPS) is 23.4. The Morgan fingerprint density at radius 3 is 2.74 bits per heavy atom. The number of hydrogen-bond acceptors (Lipinski definition) is 7. The maximum atomic E-state index is 12.4. The molecule has 4 rings (SSSR count). The largest absolute Gasteiger partial charge is 0.489 e. The molecule has 2 saturated heterocycles. The van der Waals surface area contributed by atoms with Crippen molar-refractivity contribution >= 4 is 29.3 Å². The van der Waals surface area contributed by atoms with E-state index in [1.165, 1.54) is 0 Å². The molecule has 1 aromatic rings. The third-order valence-corrected chi connectivity index (χ3v) is 5.90. The number of carbonyl (C=O) groups excluding carboxylic acids is 3. The topological polar surface area (TPSA) is 91.4 Å². The van der Waals surface area contributed by atoms with Gasteiger partial charge in [-0.15, -0.1) is 0 Å². The summed E-state index contributed by atoms with van der Waals surface area (Å²) in [5, 5.41) is 2.41. The van der Waals surface area contributed by atoms with Crippen LogP contribution in [-0.2, 0) is 14.3 Å². The molecule has 1 N–H and O–H groups in total. The van der Waals surface area contributed by atoms with Crippen LogP contribution in [0.25, 0.3) is 0 Å². The first kappa shape index (κ1) is 21.3. The highest BCUT2D eigenvalue weighted by Crippen LogP contribution is 2.38. The van der Waals surface area contributed by atoms with Crippen LogP contribution in [-0.4, -0.2) is 73.8 Å². The molecule has 0 aromatic heterocycles. The molecule has 0 aliphatic carbocycles. The molecule has 2 fully saturated rings. The molecule has 1 unspecified atom stereocenters. The molecule has 9 nitrogen and oxygen atoms in total. The maximum Gasteiger partial charge on any atom is 0.410 e. The minimum Gasteiger partial charge on any atom is -0.489 e. The zero-order valence-corrected chi connectivity index (χ0v) is 18.5. The van der Waals surface area contributed by atoms with E-state index in [4.69, 9.17) is 9.47 Å². The van der Waals surface area contributed by atoms with Gasteiger partial charge >= 0.3 is 6.09 Å². The van der Waals surface area contributed by atoms with Crippen LogP contribution in [0.1, 0.15) is 33.6 Å². The summed E-state index contributed by atoms with van der Waals surface area (Å²) in [6.45, 7) is 7.90. The van der Waals surface area contributed by atoms with Crippen molar-refractivity contribution in [1.29, 1.82) is 0 Å². The molecule has 9 heteroatoms. The smallest absolute Gasteiger partial charge is 0.410 e. The van der Waals surface area contributed by atoms with Gasteiger partial charge in [0.25, 0.3) is 0 Å². The molecule has 2 atom stereocenters. The average molecular weight is 431 g/mol. The van der Waals surface area contributed by atoms with Crippen LogP contribution >= 0.6 is 0 Å². The summed E-state index contributed by atoms with van der Waals surface area (Å²) in [4.78, 5) is 42.0. The van der Waals surface area contributed by atoms with Crippen LogP contribution in [0.4, 0.5) is 16.2 Å². The molecular formula is C22H30N4O5. The van der Waals surface area contributed by atoms with Crippen LogP contribution in [0.15, 0.2) is 18.2 Å². The van der Waals surface area contributed by atoms with Gasteiger partial charge in [0.05, 0.1) is 11.7 Å². The number of anilines is 2. The summed E-state index contributed by atoms with van der Waals surface area (Å²) >= 11 is 0. The zero-order chi connectivity index (χ0) is 22.3. The van der Waals surface area contributed by atoms with Gasteiger partial charge in [0, 0.05) is 44.9 Å². The summed E-state index contributed by atoms with van der Waals surface area (Å²) in [6.07, 6.45) is 0.540. The van der Waals surface area contributed by atoms with Crippen molar-refractivity contribution in [2.75, 3.05) is 43.1 Å². The van der Waals surface area contributed by atoms with Crippen molar-refractivity contribution in [1.82, 2.24) is 10.2 Å². The van der Waals surface area contributed by atoms with Crippen molar-refractivity contribution in [3.8, 4) is 5.75 Å². The van der Waals surface area contributed by atoms with Gasteiger partial charge in [-0.2, -0.15) is 0 Å². The first-order chi connectivity index (χ1) is 14.6. The molecule has 3 heterocycles. The van der Waals surface area contributed by atoms with Gasteiger partial charge in [-0.1, -0.05) is 0 Å². The summed E-state index contributed by atoms with van der Waals surface area (Å²) < 4.78 is 11.6. The predicted octanol–water partition coefficient (Wildman–Crippen LogP) is 1.75. The van der Waals surface area contributed by atoms with Gasteiger partial charge in [0.2, 0.25) is 11.8 Å². The summed E-state index contributed by atoms with van der Waals surface area (Å²) in [6, 6.07) is 5.59. The minimum absolute atomic E-state index is 0.0625. The van der Waals surface area contributed by atoms with Gasteiger partial charge in [0.1, 0.15) is 24.0 Å². The second kappa shape index (κ2) is 7.94. The lowest BCUT2D eigenvalue weighted by Gasteiger charge is -2.45. The number of rotatable bonds is 2. The summed E-state index contributed by atoms with van der Waals surface area (Å²) in [5.41, 5.74) is 1.33. The Hall–Kier alpha value is -2.97. The van der Waals surface area contributed by atoms with Crippen LogP contribution in [0.2, 0.25) is 0 Å². The summed E-state index contributed by atoms with van der Waals surface area (Å²) in [7, 11) is 1.85. The van der Waals surface area contributed by atoms with E-state index in [0.29, 0.717) is 39.1 Å². The number of ether oxygens (including phenoxy) is 2. The SMILES string of the molecule is CN(c1ccc2c(c1)OC[C@H]1CN(C(=O)OC(C)(C)C)CCN21)C1CCC(=O)NC1=O. The number of hydrogen-bond donors (Lipinski definition) is 1. The third-order valence-electron chi connectivity index (χ3n) is 5.90. The Labute approximate surface area is 182 Å². The van der Waals surface area contributed by atoms with E-state index in [-0.39, 0.29) is 30.0 Å². The van der Waals surface area contributed by atoms with Gasteiger partial charge in [0.15, 0.2) is 0 Å². The fraction of sp³-hybridized carbons (Fsp3) is 0.591. The molecule has 0 bridgehead atoms. The Balaban J connectivity index is 1.45. The third kappa shape index (κ3) is 4.40. The summed E-state index contributed by atoms with van der Waals surface area (Å²) in [5.74, 6) is 0.273. The number of imide groups is 1. The van der Waals surface area contributed by atoms with Crippen molar-refractivity contribution in [2.45, 2.75) is 51.3 Å². The minimum atomic E-state index is -0.519. The molecule has 0 radical (unpaired) electrons. The number of nitrogens with one attached hydrogen (secondary N) is 1. The molecule has 168 valence electrons. The van der Waals surface area contributed by atoms with Crippen LogP contribution in [0, 0.1) is 0 Å². The van der Waals surface area contributed by atoms with E-state index in [2.05, 4.69) is 10.2 Å². The van der Waals surface area contributed by atoms with E-state index in [1.807, 2.05) is 50.9 Å². The molecule has 3 aliphatic heterocycles. The molecule has 31 heavy (non-hydrogen) atoms. The van der Waals surface area contributed by atoms with E-state index >= 15 is 0 Å². The number of fused-ring (bicyclic) bond motifs is 3. The Bertz CT molecular complexity index is 896. The number of amides is 3. The van der Waals surface area contributed by atoms with Crippen molar-refractivity contribution in [2.24, 2.45) is 0 Å². The van der Waals surface area contributed by atoms with Crippen molar-refractivity contribution in [3.63, 3.8) is 0 Å². The number of carbonyl (C=O) groups is 3. The van der Waals surface area contributed by atoms with E-state index in [1.54, 1.807) is 4.90 Å². The first-order valence-electron chi connectivity index (χ1n) is 10.7. The zero-order valence-electron chi connectivity index (χ0n) is 18.5. The Morgan fingerprint density at radius 1 is 1.26 bits per heavy atom. The molecule has 0 saturated carbocycles.